The fourth-order valence-corrected chi connectivity index (χ4v) is 2.35. The van der Waals surface area contributed by atoms with Crippen molar-refractivity contribution in [1.82, 2.24) is 4.90 Å². The average molecular weight is 217 g/mol. The van der Waals surface area contributed by atoms with E-state index in [-0.39, 0.29) is 25.2 Å². The van der Waals surface area contributed by atoms with Gasteiger partial charge in [-0.25, -0.2) is 8.78 Å². The Morgan fingerprint density at radius 2 is 2.00 bits per heavy atom. The monoisotopic (exact) mass is 217 g/mol. The number of amides is 1. The van der Waals surface area contributed by atoms with Crippen LogP contribution in [0, 0.1) is 0 Å². The number of halogens is 2. The molecule has 1 unspecified atom stereocenters. The van der Waals surface area contributed by atoms with Crippen molar-refractivity contribution >= 4 is 11.7 Å². The number of carbonyl (C=O) groups excluding carboxylic acids is 2. The van der Waals surface area contributed by atoms with Crippen molar-refractivity contribution in [2.75, 3.05) is 6.54 Å². The normalized spacial score (nSPS) is 31.1. The maximum absolute atomic E-state index is 13.5. The fourth-order valence-electron chi connectivity index (χ4n) is 2.35. The molecular weight excluding hydrogens is 204 g/mol. The smallest absolute Gasteiger partial charge is 0.268 e. The van der Waals surface area contributed by atoms with Gasteiger partial charge in [0.05, 0.1) is 19.0 Å². The van der Waals surface area contributed by atoms with Crippen LogP contribution in [0.3, 0.4) is 0 Å². The second-order valence-electron chi connectivity index (χ2n) is 4.26. The molecule has 1 heterocycles. The molecule has 0 radical (unpaired) electrons. The third-order valence-electron chi connectivity index (χ3n) is 3.12. The van der Waals surface area contributed by atoms with Gasteiger partial charge in [0.1, 0.15) is 0 Å². The summed E-state index contributed by atoms with van der Waals surface area (Å²) in [5.41, 5.74) is 0. The molecule has 1 aliphatic heterocycles. The summed E-state index contributed by atoms with van der Waals surface area (Å²) in [5.74, 6) is -3.51. The van der Waals surface area contributed by atoms with Gasteiger partial charge in [-0.05, 0) is 12.8 Å². The molecule has 2 rings (SSSR count). The van der Waals surface area contributed by atoms with Crippen molar-refractivity contribution in [2.24, 2.45) is 0 Å². The highest BCUT2D eigenvalue weighted by Gasteiger charge is 2.48. The average Bonchev–Trinajstić information content (AvgIpc) is 2.44. The zero-order valence-electron chi connectivity index (χ0n) is 8.34. The number of hydrogen-bond acceptors (Lipinski definition) is 2. The maximum Gasteiger partial charge on any atom is 0.268 e. The number of alkyl halides is 2. The fraction of sp³-hybridized carbons (Fsp3) is 0.800. The van der Waals surface area contributed by atoms with Crippen LogP contribution >= 0.6 is 0 Å². The molecule has 0 aromatic carbocycles. The van der Waals surface area contributed by atoms with Gasteiger partial charge < -0.3 is 4.90 Å². The molecule has 0 aromatic rings. The van der Waals surface area contributed by atoms with Gasteiger partial charge in [0, 0.05) is 6.42 Å². The van der Waals surface area contributed by atoms with Crippen LogP contribution in [0.2, 0.25) is 0 Å². The molecule has 84 valence electrons. The van der Waals surface area contributed by atoms with E-state index in [0.29, 0.717) is 19.3 Å². The Balaban J connectivity index is 2.15. The van der Waals surface area contributed by atoms with Gasteiger partial charge in [0.2, 0.25) is 5.91 Å². The summed E-state index contributed by atoms with van der Waals surface area (Å²) < 4.78 is 27.0. The van der Waals surface area contributed by atoms with Crippen LogP contribution in [0.5, 0.6) is 0 Å². The Hall–Kier alpha value is -1.00. The van der Waals surface area contributed by atoms with Crippen molar-refractivity contribution in [1.29, 1.82) is 0 Å². The SMILES string of the molecule is O=C1CC(=O)N(C2CCCCC2(F)F)C1. The minimum Gasteiger partial charge on any atom is -0.326 e. The number of carbonyl (C=O) groups is 2. The van der Waals surface area contributed by atoms with Gasteiger partial charge in [-0.15, -0.1) is 0 Å². The molecule has 1 atom stereocenters. The van der Waals surface area contributed by atoms with E-state index in [4.69, 9.17) is 0 Å². The van der Waals surface area contributed by atoms with Gasteiger partial charge >= 0.3 is 0 Å². The quantitative estimate of drug-likeness (QED) is 0.622. The molecule has 2 aliphatic rings. The van der Waals surface area contributed by atoms with Crippen LogP contribution in [0.4, 0.5) is 8.78 Å². The van der Waals surface area contributed by atoms with Gasteiger partial charge in [-0.3, -0.25) is 9.59 Å². The molecule has 0 spiro atoms. The molecule has 1 saturated carbocycles. The van der Waals surface area contributed by atoms with Gasteiger partial charge in [0.15, 0.2) is 5.78 Å². The number of ketones is 1. The molecule has 15 heavy (non-hydrogen) atoms. The van der Waals surface area contributed by atoms with Crippen molar-refractivity contribution in [3.8, 4) is 0 Å². The third kappa shape index (κ3) is 1.87. The Morgan fingerprint density at radius 3 is 2.53 bits per heavy atom. The number of likely N-dealkylation sites (tertiary alicyclic amines) is 1. The van der Waals surface area contributed by atoms with Crippen molar-refractivity contribution in [3.05, 3.63) is 0 Å². The molecule has 0 aromatic heterocycles. The van der Waals surface area contributed by atoms with Gasteiger partial charge in [-0.2, -0.15) is 0 Å². The minimum atomic E-state index is -2.82. The summed E-state index contributed by atoms with van der Waals surface area (Å²) in [6.45, 7) is -0.126. The third-order valence-corrected chi connectivity index (χ3v) is 3.12. The highest BCUT2D eigenvalue weighted by molar-refractivity contribution is 6.05. The summed E-state index contributed by atoms with van der Waals surface area (Å²) in [6, 6.07) is -1.05. The highest BCUT2D eigenvalue weighted by Crippen LogP contribution is 2.37. The molecule has 5 heteroatoms. The number of rotatable bonds is 1. The Bertz CT molecular complexity index is 304. The zero-order valence-corrected chi connectivity index (χ0v) is 8.34. The molecular formula is C10H13F2NO2. The first kappa shape index (κ1) is 10.5. The maximum atomic E-state index is 13.5. The summed E-state index contributed by atoms with van der Waals surface area (Å²) >= 11 is 0. The van der Waals surface area contributed by atoms with Gasteiger partial charge in [-0.1, -0.05) is 6.42 Å². The summed E-state index contributed by atoms with van der Waals surface area (Å²) in [6.07, 6.45) is 1.14. The molecule has 0 bridgehead atoms. The van der Waals surface area contributed by atoms with E-state index in [0.717, 1.165) is 4.90 Å². The number of nitrogens with zero attached hydrogens (tertiary/aromatic N) is 1. The van der Waals surface area contributed by atoms with E-state index in [1.807, 2.05) is 0 Å². The zero-order chi connectivity index (χ0) is 11.1. The minimum absolute atomic E-state index is 0.126. The van der Waals surface area contributed by atoms with E-state index in [1.165, 1.54) is 0 Å². The van der Waals surface area contributed by atoms with Crippen molar-refractivity contribution in [2.45, 2.75) is 44.1 Å². The lowest BCUT2D eigenvalue weighted by atomic mass is 9.90. The van der Waals surface area contributed by atoms with E-state index in [9.17, 15) is 18.4 Å². The highest BCUT2D eigenvalue weighted by atomic mass is 19.3. The first-order valence-electron chi connectivity index (χ1n) is 5.20. The summed E-state index contributed by atoms with van der Waals surface area (Å²) in [5, 5.41) is 0. The summed E-state index contributed by atoms with van der Waals surface area (Å²) in [7, 11) is 0. The number of Topliss-reactive ketones (excluding diaryl/α,β-unsaturated/α-hetero) is 1. The van der Waals surface area contributed by atoms with Crippen LogP contribution in [-0.4, -0.2) is 35.1 Å². The van der Waals surface area contributed by atoms with Crippen LogP contribution in [-0.2, 0) is 9.59 Å². The molecule has 1 saturated heterocycles. The lowest BCUT2D eigenvalue weighted by molar-refractivity contribution is -0.145. The first-order valence-corrected chi connectivity index (χ1v) is 5.20. The molecule has 0 N–H and O–H groups in total. The van der Waals surface area contributed by atoms with Gasteiger partial charge in [0.25, 0.3) is 5.92 Å². The topological polar surface area (TPSA) is 37.4 Å². The number of hydrogen-bond donors (Lipinski definition) is 0. The molecule has 2 fully saturated rings. The van der Waals surface area contributed by atoms with Crippen molar-refractivity contribution in [3.63, 3.8) is 0 Å². The van der Waals surface area contributed by atoms with Crippen LogP contribution in [0.25, 0.3) is 0 Å². The second kappa shape index (κ2) is 3.54. The Morgan fingerprint density at radius 1 is 1.27 bits per heavy atom. The Kier molecular flexibility index (Phi) is 2.48. The summed E-state index contributed by atoms with van der Waals surface area (Å²) in [4.78, 5) is 23.4. The van der Waals surface area contributed by atoms with Crippen molar-refractivity contribution < 1.29 is 18.4 Å². The Labute approximate surface area is 86.4 Å². The molecule has 1 amide bonds. The van der Waals surface area contributed by atoms with Crippen LogP contribution < -0.4 is 0 Å². The van der Waals surface area contributed by atoms with E-state index in [1.54, 1.807) is 0 Å². The second-order valence-corrected chi connectivity index (χ2v) is 4.26. The standard InChI is InChI=1S/C10H13F2NO2/c11-10(12)4-2-1-3-8(10)13-6-7(14)5-9(13)15/h8H,1-6H2. The lowest BCUT2D eigenvalue weighted by Crippen LogP contribution is -2.50. The largest absolute Gasteiger partial charge is 0.326 e. The van der Waals surface area contributed by atoms with Crippen LogP contribution in [0.1, 0.15) is 32.1 Å². The lowest BCUT2D eigenvalue weighted by Gasteiger charge is -2.37. The predicted molar refractivity (Wildman–Crippen MR) is 48.5 cm³/mol. The molecule has 3 nitrogen and oxygen atoms in total. The van der Waals surface area contributed by atoms with E-state index >= 15 is 0 Å². The first-order chi connectivity index (χ1) is 7.00. The van der Waals surface area contributed by atoms with E-state index < -0.39 is 17.9 Å². The van der Waals surface area contributed by atoms with Crippen LogP contribution in [0.15, 0.2) is 0 Å². The molecule has 1 aliphatic carbocycles. The van der Waals surface area contributed by atoms with E-state index in [2.05, 4.69) is 0 Å². The predicted octanol–water partition coefficient (Wildman–Crippen LogP) is 1.37.